The highest BCUT2D eigenvalue weighted by molar-refractivity contribution is 14.1. The molecular weight excluding hydrogens is 314 g/mol. The lowest BCUT2D eigenvalue weighted by Crippen LogP contribution is -2.61. The molecule has 1 rings (SSSR count). The van der Waals surface area contributed by atoms with Crippen molar-refractivity contribution in [3.63, 3.8) is 0 Å². The number of hydrogen-bond donors (Lipinski definition) is 1. The van der Waals surface area contributed by atoms with Crippen molar-refractivity contribution in [1.82, 2.24) is 4.90 Å². The molecule has 0 saturated carbocycles. The second-order valence-corrected chi connectivity index (χ2v) is 6.12. The van der Waals surface area contributed by atoms with Crippen molar-refractivity contribution in [1.29, 1.82) is 0 Å². The number of rotatable bonds is 3. The van der Waals surface area contributed by atoms with Gasteiger partial charge in [0.1, 0.15) is 5.25 Å². The SMILES string of the molecule is NS(=O)(=O)C1CN(CCCl)C1I. The van der Waals surface area contributed by atoms with Gasteiger partial charge in [-0.1, -0.05) is 22.6 Å². The largest absolute Gasteiger partial charge is 0.288 e. The zero-order valence-electron chi connectivity index (χ0n) is 6.28. The lowest BCUT2D eigenvalue weighted by Gasteiger charge is -2.42. The molecule has 0 aromatic carbocycles. The van der Waals surface area contributed by atoms with Gasteiger partial charge in [0.2, 0.25) is 10.0 Å². The predicted octanol–water partition coefficient (Wildman–Crippen LogP) is -0.0410. The molecule has 0 radical (unpaired) electrons. The van der Waals surface area contributed by atoms with Crippen molar-refractivity contribution in [2.24, 2.45) is 5.14 Å². The van der Waals surface area contributed by atoms with Gasteiger partial charge in [0.25, 0.3) is 0 Å². The standard InChI is InChI=1S/C5H10ClIN2O2S/c6-1-2-9-3-4(5(9)7)12(8,10)11/h4-5H,1-3H2,(H2,8,10,11). The second kappa shape index (κ2) is 3.95. The number of nitrogens with two attached hydrogens (primary N) is 1. The van der Waals surface area contributed by atoms with Gasteiger partial charge in [-0.05, 0) is 0 Å². The van der Waals surface area contributed by atoms with Crippen molar-refractivity contribution in [2.75, 3.05) is 19.0 Å². The highest BCUT2D eigenvalue weighted by Gasteiger charge is 2.43. The van der Waals surface area contributed by atoms with Gasteiger partial charge in [-0.2, -0.15) is 0 Å². The molecule has 4 nitrogen and oxygen atoms in total. The van der Waals surface area contributed by atoms with E-state index in [-0.39, 0.29) is 4.05 Å². The smallest absolute Gasteiger partial charge is 0.215 e. The summed E-state index contributed by atoms with van der Waals surface area (Å²) in [6, 6.07) is 0. The van der Waals surface area contributed by atoms with E-state index in [1.807, 2.05) is 4.90 Å². The summed E-state index contributed by atoms with van der Waals surface area (Å²) in [4.78, 5) is 1.99. The van der Waals surface area contributed by atoms with Crippen molar-refractivity contribution in [3.8, 4) is 0 Å². The molecular formula is C5H10ClIN2O2S. The van der Waals surface area contributed by atoms with Crippen LogP contribution in [0.1, 0.15) is 0 Å². The third kappa shape index (κ3) is 2.22. The van der Waals surface area contributed by atoms with Crippen LogP contribution in [0.25, 0.3) is 0 Å². The Kier molecular flexibility index (Phi) is 3.61. The number of likely N-dealkylation sites (tertiary alicyclic amines) is 1. The number of primary sulfonamides is 1. The molecule has 0 amide bonds. The molecule has 0 aliphatic carbocycles. The molecule has 1 aliphatic heterocycles. The Hall–Kier alpha value is 0.890. The summed E-state index contributed by atoms with van der Waals surface area (Å²) in [5.41, 5.74) is 0. The highest BCUT2D eigenvalue weighted by atomic mass is 127. The van der Waals surface area contributed by atoms with Crippen LogP contribution >= 0.6 is 34.2 Å². The van der Waals surface area contributed by atoms with Crippen LogP contribution in [0.3, 0.4) is 0 Å². The van der Waals surface area contributed by atoms with E-state index in [0.29, 0.717) is 12.4 Å². The van der Waals surface area contributed by atoms with Crippen LogP contribution in [-0.2, 0) is 10.0 Å². The first-order valence-electron chi connectivity index (χ1n) is 3.42. The van der Waals surface area contributed by atoms with E-state index < -0.39 is 15.3 Å². The highest BCUT2D eigenvalue weighted by Crippen LogP contribution is 2.27. The van der Waals surface area contributed by atoms with Gasteiger partial charge in [0.05, 0.1) is 4.05 Å². The van der Waals surface area contributed by atoms with E-state index >= 15 is 0 Å². The third-order valence-electron chi connectivity index (χ3n) is 1.86. The lowest BCUT2D eigenvalue weighted by atomic mass is 10.2. The van der Waals surface area contributed by atoms with E-state index in [9.17, 15) is 8.42 Å². The van der Waals surface area contributed by atoms with Gasteiger partial charge in [-0.15, -0.1) is 11.6 Å². The van der Waals surface area contributed by atoms with Crippen molar-refractivity contribution < 1.29 is 8.42 Å². The Morgan fingerprint density at radius 1 is 1.67 bits per heavy atom. The molecule has 12 heavy (non-hydrogen) atoms. The van der Waals surface area contributed by atoms with E-state index in [1.54, 1.807) is 0 Å². The van der Waals surface area contributed by atoms with E-state index in [4.69, 9.17) is 16.7 Å². The summed E-state index contributed by atoms with van der Waals surface area (Å²) in [6.45, 7) is 1.24. The van der Waals surface area contributed by atoms with Crippen LogP contribution in [0.2, 0.25) is 0 Å². The quantitative estimate of drug-likeness (QED) is 0.450. The first-order valence-corrected chi connectivity index (χ1v) is 6.81. The number of sulfonamides is 1. The van der Waals surface area contributed by atoms with Gasteiger partial charge in [-0.25, -0.2) is 13.6 Å². The van der Waals surface area contributed by atoms with Gasteiger partial charge in [0, 0.05) is 19.0 Å². The minimum Gasteiger partial charge on any atom is -0.288 e. The number of nitrogens with zero attached hydrogens (tertiary/aromatic N) is 1. The molecule has 0 spiro atoms. The van der Waals surface area contributed by atoms with Crippen LogP contribution in [-0.4, -0.2) is 41.6 Å². The Balaban J connectivity index is 2.49. The minimum absolute atomic E-state index is 0.0173. The maximum atomic E-state index is 10.9. The first kappa shape index (κ1) is 11.0. The number of alkyl halides is 2. The Labute approximate surface area is 90.6 Å². The van der Waals surface area contributed by atoms with Crippen molar-refractivity contribution >= 4 is 44.2 Å². The summed E-state index contributed by atoms with van der Waals surface area (Å²) >= 11 is 7.58. The maximum absolute atomic E-state index is 10.9. The topological polar surface area (TPSA) is 63.4 Å². The minimum atomic E-state index is -3.36. The number of hydrogen-bond acceptors (Lipinski definition) is 3. The first-order chi connectivity index (χ1) is 5.46. The molecule has 1 heterocycles. The summed E-state index contributed by atoms with van der Waals surface area (Å²) in [5.74, 6) is 0.525. The van der Waals surface area contributed by atoms with Crippen LogP contribution < -0.4 is 5.14 Å². The molecule has 1 saturated heterocycles. The molecule has 0 aromatic rings. The molecule has 2 atom stereocenters. The Bertz CT molecular complexity index is 258. The Morgan fingerprint density at radius 3 is 2.58 bits per heavy atom. The maximum Gasteiger partial charge on any atom is 0.215 e. The fourth-order valence-corrected chi connectivity index (χ4v) is 4.16. The fourth-order valence-electron chi connectivity index (χ4n) is 1.10. The van der Waals surface area contributed by atoms with E-state index in [1.165, 1.54) is 0 Å². The van der Waals surface area contributed by atoms with Crippen molar-refractivity contribution in [3.05, 3.63) is 0 Å². The molecule has 1 fully saturated rings. The van der Waals surface area contributed by atoms with Crippen LogP contribution in [0.15, 0.2) is 0 Å². The van der Waals surface area contributed by atoms with E-state index in [2.05, 4.69) is 22.6 Å². The monoisotopic (exact) mass is 324 g/mol. The molecule has 7 heteroatoms. The molecule has 72 valence electrons. The van der Waals surface area contributed by atoms with Gasteiger partial charge >= 0.3 is 0 Å². The zero-order valence-corrected chi connectivity index (χ0v) is 10.0. The van der Waals surface area contributed by atoms with Gasteiger partial charge < -0.3 is 0 Å². The molecule has 2 unspecified atom stereocenters. The summed E-state index contributed by atoms with van der Waals surface area (Å²) < 4.78 is 21.8. The second-order valence-electron chi connectivity index (χ2n) is 2.68. The molecule has 0 bridgehead atoms. The molecule has 1 aliphatic rings. The van der Waals surface area contributed by atoms with E-state index in [0.717, 1.165) is 6.54 Å². The summed E-state index contributed by atoms with van der Waals surface area (Å²) in [6.07, 6.45) is 0. The predicted molar refractivity (Wildman–Crippen MR) is 57.0 cm³/mol. The summed E-state index contributed by atoms with van der Waals surface area (Å²) in [7, 11) is -3.36. The van der Waals surface area contributed by atoms with Crippen molar-refractivity contribution in [2.45, 2.75) is 9.30 Å². The Morgan fingerprint density at radius 2 is 2.25 bits per heavy atom. The van der Waals surface area contributed by atoms with Crippen LogP contribution in [0, 0.1) is 0 Å². The van der Waals surface area contributed by atoms with Crippen LogP contribution in [0.4, 0.5) is 0 Å². The summed E-state index contributed by atoms with van der Waals surface area (Å²) in [5, 5.41) is 4.58. The van der Waals surface area contributed by atoms with Gasteiger partial charge in [0.15, 0.2) is 0 Å². The fraction of sp³-hybridized carbons (Fsp3) is 1.00. The molecule has 2 N–H and O–H groups in total. The number of halogens is 2. The average molecular weight is 325 g/mol. The third-order valence-corrected chi connectivity index (χ3v) is 5.43. The van der Waals surface area contributed by atoms with Crippen LogP contribution in [0.5, 0.6) is 0 Å². The molecule has 0 aromatic heterocycles. The normalized spacial score (nSPS) is 31.6. The van der Waals surface area contributed by atoms with Gasteiger partial charge in [-0.3, -0.25) is 4.90 Å². The average Bonchev–Trinajstić information content (AvgIpc) is 1.93. The lowest BCUT2D eigenvalue weighted by molar-refractivity contribution is 0.182. The zero-order chi connectivity index (χ0) is 9.35.